The first-order chi connectivity index (χ1) is 13.0. The molecule has 0 aromatic heterocycles. The molecule has 0 aliphatic heterocycles. The summed E-state index contributed by atoms with van der Waals surface area (Å²) < 4.78 is 0.979. The average molecular weight is 423 g/mol. The van der Waals surface area contributed by atoms with E-state index in [1.165, 1.54) is 0 Å². The summed E-state index contributed by atoms with van der Waals surface area (Å²) in [6.45, 7) is 0. The van der Waals surface area contributed by atoms with E-state index in [-0.39, 0.29) is 0 Å². The SMILES string of the molecule is O=C(O)c1ccc2c(Br)cccc2c1.O=C(O)c1ccc2ccccc2c1. The number of fused-ring (bicyclic) bond motifs is 2. The van der Waals surface area contributed by atoms with Gasteiger partial charge in [0.05, 0.1) is 11.1 Å². The maximum atomic E-state index is 10.7. The second kappa shape index (κ2) is 8.01. The second-order valence-electron chi connectivity index (χ2n) is 5.85. The number of rotatable bonds is 2. The minimum absolute atomic E-state index is 0.315. The molecule has 0 spiro atoms. The number of carbonyl (C=O) groups is 2. The highest BCUT2D eigenvalue weighted by molar-refractivity contribution is 9.10. The maximum absolute atomic E-state index is 10.7. The number of hydrogen-bond acceptors (Lipinski definition) is 2. The van der Waals surface area contributed by atoms with Crippen LogP contribution in [0.2, 0.25) is 0 Å². The lowest BCUT2D eigenvalue weighted by Gasteiger charge is -2.01. The fraction of sp³-hybridized carbons (Fsp3) is 0. The van der Waals surface area contributed by atoms with Crippen molar-refractivity contribution in [2.45, 2.75) is 0 Å². The Morgan fingerprint density at radius 2 is 1.19 bits per heavy atom. The highest BCUT2D eigenvalue weighted by atomic mass is 79.9. The zero-order valence-electron chi connectivity index (χ0n) is 14.1. The Morgan fingerprint density at radius 1 is 0.630 bits per heavy atom. The van der Waals surface area contributed by atoms with Crippen molar-refractivity contribution in [1.29, 1.82) is 0 Å². The van der Waals surface area contributed by atoms with Gasteiger partial charge in [-0.2, -0.15) is 0 Å². The van der Waals surface area contributed by atoms with Crippen LogP contribution in [0, 0.1) is 0 Å². The van der Waals surface area contributed by atoms with Crippen LogP contribution in [0.4, 0.5) is 0 Å². The van der Waals surface area contributed by atoms with Crippen molar-refractivity contribution < 1.29 is 19.8 Å². The Hall–Kier alpha value is -3.18. The van der Waals surface area contributed by atoms with Crippen LogP contribution in [0.5, 0.6) is 0 Å². The smallest absolute Gasteiger partial charge is 0.335 e. The Bertz CT molecular complexity index is 1150. The molecule has 0 fully saturated rings. The highest BCUT2D eigenvalue weighted by Crippen LogP contribution is 2.24. The minimum atomic E-state index is -0.896. The van der Waals surface area contributed by atoms with E-state index < -0.39 is 11.9 Å². The third-order valence-electron chi connectivity index (χ3n) is 4.07. The first-order valence-corrected chi connectivity index (χ1v) is 8.88. The van der Waals surface area contributed by atoms with Crippen LogP contribution < -0.4 is 0 Å². The summed E-state index contributed by atoms with van der Waals surface area (Å²) >= 11 is 3.41. The minimum Gasteiger partial charge on any atom is -0.478 e. The molecule has 0 unspecified atom stereocenters. The molecule has 5 heteroatoms. The predicted molar refractivity (Wildman–Crippen MR) is 110 cm³/mol. The van der Waals surface area contributed by atoms with Gasteiger partial charge in [-0.05, 0) is 51.9 Å². The fourth-order valence-corrected chi connectivity index (χ4v) is 3.21. The molecule has 0 aliphatic rings. The van der Waals surface area contributed by atoms with Gasteiger partial charge in [-0.1, -0.05) is 64.5 Å². The molecule has 2 N–H and O–H groups in total. The quantitative estimate of drug-likeness (QED) is 0.425. The molecular formula is C22H15BrO4. The zero-order valence-corrected chi connectivity index (χ0v) is 15.7. The molecule has 4 aromatic carbocycles. The van der Waals surface area contributed by atoms with Crippen molar-refractivity contribution >= 4 is 49.4 Å². The molecule has 0 aliphatic carbocycles. The molecule has 27 heavy (non-hydrogen) atoms. The zero-order chi connectivity index (χ0) is 19.4. The van der Waals surface area contributed by atoms with Gasteiger partial charge < -0.3 is 10.2 Å². The van der Waals surface area contributed by atoms with Crippen LogP contribution in [-0.4, -0.2) is 22.2 Å². The molecule has 4 rings (SSSR count). The maximum Gasteiger partial charge on any atom is 0.335 e. The first kappa shape index (κ1) is 18.6. The lowest BCUT2D eigenvalue weighted by molar-refractivity contribution is 0.0686. The number of carboxylic acid groups (broad SMARTS) is 2. The number of benzene rings is 4. The average Bonchev–Trinajstić information content (AvgIpc) is 2.68. The van der Waals surface area contributed by atoms with E-state index in [0.717, 1.165) is 26.0 Å². The van der Waals surface area contributed by atoms with Gasteiger partial charge in [-0.15, -0.1) is 0 Å². The standard InChI is InChI=1S/C11H7BrO2.C11H8O2/c12-10-3-1-2-7-6-8(11(13)14)4-5-9(7)10;12-11(13)10-6-5-8-3-1-2-4-9(8)7-10/h1-6H,(H,13,14);1-7H,(H,12,13). The number of hydrogen-bond donors (Lipinski definition) is 2. The fourth-order valence-electron chi connectivity index (χ4n) is 2.70. The summed E-state index contributed by atoms with van der Waals surface area (Å²) in [6.07, 6.45) is 0. The molecule has 134 valence electrons. The van der Waals surface area contributed by atoms with E-state index in [2.05, 4.69) is 15.9 Å². The van der Waals surface area contributed by atoms with Crippen LogP contribution >= 0.6 is 15.9 Å². The summed E-state index contributed by atoms with van der Waals surface area (Å²) in [5.41, 5.74) is 0.648. The molecule has 0 heterocycles. The van der Waals surface area contributed by atoms with Gasteiger partial charge >= 0.3 is 11.9 Å². The third kappa shape index (κ3) is 4.33. The van der Waals surface area contributed by atoms with E-state index in [4.69, 9.17) is 10.2 Å². The summed E-state index contributed by atoms with van der Waals surface area (Å²) in [5.74, 6) is -1.78. The third-order valence-corrected chi connectivity index (χ3v) is 4.76. The summed E-state index contributed by atoms with van der Waals surface area (Å²) in [4.78, 5) is 21.4. The van der Waals surface area contributed by atoms with E-state index in [9.17, 15) is 9.59 Å². The van der Waals surface area contributed by atoms with Crippen LogP contribution in [0.3, 0.4) is 0 Å². The van der Waals surface area contributed by atoms with Crippen molar-refractivity contribution in [3.8, 4) is 0 Å². The normalized spacial score (nSPS) is 10.3. The van der Waals surface area contributed by atoms with Crippen LogP contribution in [0.1, 0.15) is 20.7 Å². The van der Waals surface area contributed by atoms with Gasteiger partial charge in [0.15, 0.2) is 0 Å². The van der Waals surface area contributed by atoms with Crippen molar-refractivity contribution in [3.63, 3.8) is 0 Å². The van der Waals surface area contributed by atoms with Gasteiger partial charge in [0.25, 0.3) is 0 Å². The Morgan fingerprint density at radius 3 is 1.85 bits per heavy atom. The number of carboxylic acids is 2. The largest absolute Gasteiger partial charge is 0.478 e. The highest BCUT2D eigenvalue weighted by Gasteiger charge is 2.04. The molecule has 4 aromatic rings. The van der Waals surface area contributed by atoms with Gasteiger partial charge in [0.2, 0.25) is 0 Å². The molecule has 0 saturated carbocycles. The Balaban J connectivity index is 0.000000156. The van der Waals surface area contributed by atoms with Crippen molar-refractivity contribution in [2.75, 3.05) is 0 Å². The number of aromatic carboxylic acids is 2. The topological polar surface area (TPSA) is 74.6 Å². The summed E-state index contributed by atoms with van der Waals surface area (Å²) in [7, 11) is 0. The lowest BCUT2D eigenvalue weighted by atomic mass is 10.1. The van der Waals surface area contributed by atoms with E-state index >= 15 is 0 Å². The summed E-state index contributed by atoms with van der Waals surface area (Å²) in [5, 5.41) is 21.5. The van der Waals surface area contributed by atoms with Gasteiger partial charge in [-0.3, -0.25) is 0 Å². The van der Waals surface area contributed by atoms with Crippen LogP contribution in [-0.2, 0) is 0 Å². The lowest BCUT2D eigenvalue weighted by Crippen LogP contribution is -1.95. The Labute approximate surface area is 163 Å². The van der Waals surface area contributed by atoms with Crippen molar-refractivity contribution in [3.05, 3.63) is 94.5 Å². The molecule has 0 radical (unpaired) electrons. The molecule has 0 saturated heterocycles. The first-order valence-electron chi connectivity index (χ1n) is 8.09. The van der Waals surface area contributed by atoms with Gasteiger partial charge in [-0.25, -0.2) is 9.59 Å². The van der Waals surface area contributed by atoms with E-state index in [1.807, 2.05) is 54.6 Å². The van der Waals surface area contributed by atoms with Crippen molar-refractivity contribution in [1.82, 2.24) is 0 Å². The van der Waals surface area contributed by atoms with E-state index in [1.54, 1.807) is 24.3 Å². The predicted octanol–water partition coefficient (Wildman–Crippen LogP) is 5.84. The second-order valence-corrected chi connectivity index (χ2v) is 6.70. The molecular weight excluding hydrogens is 408 g/mol. The van der Waals surface area contributed by atoms with Gasteiger partial charge in [0.1, 0.15) is 0 Å². The Kier molecular flexibility index (Phi) is 5.52. The van der Waals surface area contributed by atoms with E-state index in [0.29, 0.717) is 11.1 Å². The molecule has 0 bridgehead atoms. The molecule has 0 atom stereocenters. The van der Waals surface area contributed by atoms with Crippen LogP contribution in [0.25, 0.3) is 21.5 Å². The monoisotopic (exact) mass is 422 g/mol. The molecule has 0 amide bonds. The van der Waals surface area contributed by atoms with Crippen LogP contribution in [0.15, 0.2) is 83.3 Å². The van der Waals surface area contributed by atoms with Gasteiger partial charge in [0, 0.05) is 4.47 Å². The molecule has 4 nitrogen and oxygen atoms in total. The summed E-state index contributed by atoms with van der Waals surface area (Å²) in [6, 6.07) is 23.6. The number of halogens is 1. The van der Waals surface area contributed by atoms with Crippen molar-refractivity contribution in [2.24, 2.45) is 0 Å².